The first kappa shape index (κ1) is 15.7. The number of nitriles is 1. The second kappa shape index (κ2) is 7.86. The van der Waals surface area contributed by atoms with E-state index in [4.69, 9.17) is 25.9 Å². The molecule has 0 aliphatic carbocycles. The Balaban J connectivity index is 5.19. The summed E-state index contributed by atoms with van der Waals surface area (Å²) in [6.07, 6.45) is 1.22. The number of nitrogens with zero attached hydrogens (tertiary/aromatic N) is 1. The third-order valence-corrected chi connectivity index (χ3v) is 4.52. The summed E-state index contributed by atoms with van der Waals surface area (Å²) in [6.45, 7) is 5.74. The highest BCUT2D eigenvalue weighted by molar-refractivity contribution is 7.61. The highest BCUT2D eigenvalue weighted by atomic mass is 35.5. The van der Waals surface area contributed by atoms with Crippen LogP contribution < -0.4 is 0 Å². The zero-order chi connectivity index (χ0) is 12.6. The van der Waals surface area contributed by atoms with Crippen LogP contribution in [0.25, 0.3) is 0 Å². The lowest BCUT2D eigenvalue weighted by atomic mass is 10.2. The van der Waals surface area contributed by atoms with Crippen molar-refractivity contribution in [2.24, 2.45) is 0 Å². The summed E-state index contributed by atoms with van der Waals surface area (Å²) < 4.78 is 22.2. The molecule has 0 aromatic rings. The molecular weight excluding hydrogens is 249 g/mol. The monoisotopic (exact) mass is 265 g/mol. The largest absolute Gasteiger partial charge is 0.373 e. The Labute approximate surface area is 102 Å². The fraction of sp³-hybridized carbons (Fsp3) is 0.700. The second-order valence-electron chi connectivity index (χ2n) is 2.96. The maximum atomic E-state index is 12.2. The van der Waals surface area contributed by atoms with Gasteiger partial charge < -0.3 is 9.05 Å². The summed E-state index contributed by atoms with van der Waals surface area (Å²) in [7, 11) is -3.49. The van der Waals surface area contributed by atoms with Gasteiger partial charge in [-0.2, -0.15) is 5.26 Å². The third kappa shape index (κ3) is 4.27. The molecule has 0 N–H and O–H groups in total. The Kier molecular flexibility index (Phi) is 7.70. The van der Waals surface area contributed by atoms with Gasteiger partial charge in [0, 0.05) is 0 Å². The topological polar surface area (TPSA) is 59.3 Å². The summed E-state index contributed by atoms with van der Waals surface area (Å²) >= 11 is 5.93. The van der Waals surface area contributed by atoms with Crippen molar-refractivity contribution in [3.8, 4) is 6.07 Å². The highest BCUT2D eigenvalue weighted by Gasteiger charge is 2.31. The lowest BCUT2D eigenvalue weighted by Crippen LogP contribution is -1.98. The molecule has 0 unspecified atom stereocenters. The molecule has 0 saturated heterocycles. The van der Waals surface area contributed by atoms with Gasteiger partial charge in [-0.3, -0.25) is 4.57 Å². The molecule has 0 bridgehead atoms. The summed E-state index contributed by atoms with van der Waals surface area (Å²) in [4.78, 5) is 0. The lowest BCUT2D eigenvalue weighted by Gasteiger charge is -2.16. The first-order chi connectivity index (χ1) is 7.55. The van der Waals surface area contributed by atoms with E-state index in [1.54, 1.807) is 13.8 Å². The minimum absolute atomic E-state index is 0.0828. The molecular formula is C10H17ClNO3P. The molecule has 0 atom stereocenters. The van der Waals surface area contributed by atoms with Crippen molar-refractivity contribution in [1.82, 2.24) is 0 Å². The summed E-state index contributed by atoms with van der Waals surface area (Å²) in [5, 5.41) is 8.90. The lowest BCUT2D eigenvalue weighted by molar-refractivity contribution is 0.227. The zero-order valence-electron chi connectivity index (χ0n) is 9.83. The zero-order valence-corrected chi connectivity index (χ0v) is 11.5. The van der Waals surface area contributed by atoms with E-state index < -0.39 is 7.60 Å². The van der Waals surface area contributed by atoms with Gasteiger partial charge >= 0.3 is 7.60 Å². The van der Waals surface area contributed by atoms with Crippen molar-refractivity contribution in [3.63, 3.8) is 0 Å². The molecule has 0 amide bonds. The van der Waals surface area contributed by atoms with Gasteiger partial charge in [-0.05, 0) is 20.3 Å². The van der Waals surface area contributed by atoms with Crippen molar-refractivity contribution in [3.05, 3.63) is 10.3 Å². The first-order valence-electron chi connectivity index (χ1n) is 5.24. The summed E-state index contributed by atoms with van der Waals surface area (Å²) in [6, 6.07) is 1.94. The van der Waals surface area contributed by atoms with Gasteiger partial charge in [0.15, 0.2) is 0 Å². The van der Waals surface area contributed by atoms with Crippen molar-refractivity contribution in [2.75, 3.05) is 13.2 Å². The van der Waals surface area contributed by atoms with E-state index in [9.17, 15) is 4.57 Å². The quantitative estimate of drug-likeness (QED) is 0.515. The average molecular weight is 266 g/mol. The molecule has 92 valence electrons. The van der Waals surface area contributed by atoms with Crippen LogP contribution in [0.15, 0.2) is 10.3 Å². The number of halogens is 1. The van der Waals surface area contributed by atoms with Crippen molar-refractivity contribution < 1.29 is 13.6 Å². The molecule has 0 heterocycles. The van der Waals surface area contributed by atoms with Crippen molar-refractivity contribution in [2.45, 2.75) is 33.6 Å². The number of hydrogen-bond donors (Lipinski definition) is 0. The van der Waals surface area contributed by atoms with E-state index in [0.29, 0.717) is 6.42 Å². The first-order valence-corrected chi connectivity index (χ1v) is 7.16. The van der Waals surface area contributed by atoms with Crippen molar-refractivity contribution >= 4 is 19.2 Å². The number of rotatable bonds is 7. The predicted molar refractivity (Wildman–Crippen MR) is 64.3 cm³/mol. The van der Waals surface area contributed by atoms with E-state index >= 15 is 0 Å². The maximum Gasteiger partial charge on any atom is 0.373 e. The van der Waals surface area contributed by atoms with Crippen molar-refractivity contribution in [1.29, 1.82) is 5.26 Å². The Bertz CT molecular complexity index is 325. The van der Waals surface area contributed by atoms with Crippen LogP contribution in [0.3, 0.4) is 0 Å². The molecule has 0 spiro atoms. The second-order valence-corrected chi connectivity index (χ2v) is 5.56. The average Bonchev–Trinajstić information content (AvgIpc) is 2.25. The van der Waals surface area contributed by atoms with E-state index in [1.807, 2.05) is 13.0 Å². The molecule has 6 heteroatoms. The van der Waals surface area contributed by atoms with Gasteiger partial charge in [0.25, 0.3) is 0 Å². The van der Waals surface area contributed by atoms with E-state index in [0.717, 1.165) is 6.42 Å². The minimum Gasteiger partial charge on any atom is -0.305 e. The van der Waals surface area contributed by atoms with Gasteiger partial charge in [-0.1, -0.05) is 24.9 Å². The standard InChI is InChI=1S/C10H17ClNO3P/c1-4-7-9(8-12)10(11)16(13,14-5-2)15-6-3/h4-7H2,1-3H3. The minimum atomic E-state index is -3.49. The van der Waals surface area contributed by atoms with Crippen LogP contribution in [0.5, 0.6) is 0 Å². The van der Waals surface area contributed by atoms with E-state index in [1.165, 1.54) is 0 Å². The van der Waals surface area contributed by atoms with Crippen LogP contribution in [-0.2, 0) is 13.6 Å². The summed E-state index contributed by atoms with van der Waals surface area (Å²) in [5.74, 6) is 0. The van der Waals surface area contributed by atoms with E-state index in [-0.39, 0.29) is 23.6 Å². The molecule has 0 aromatic heterocycles. The highest BCUT2D eigenvalue weighted by Crippen LogP contribution is 2.59. The number of allylic oxidation sites excluding steroid dienone is 1. The third-order valence-electron chi connectivity index (χ3n) is 1.72. The molecule has 4 nitrogen and oxygen atoms in total. The molecule has 0 aromatic carbocycles. The smallest absolute Gasteiger partial charge is 0.305 e. The summed E-state index contributed by atoms with van der Waals surface area (Å²) in [5.41, 5.74) is 0.273. The van der Waals surface area contributed by atoms with Crippen LogP contribution in [0.1, 0.15) is 33.6 Å². The Morgan fingerprint density at radius 2 is 1.81 bits per heavy atom. The number of hydrogen-bond acceptors (Lipinski definition) is 4. The van der Waals surface area contributed by atoms with Crippen LogP contribution in [0.2, 0.25) is 0 Å². The Morgan fingerprint density at radius 1 is 1.31 bits per heavy atom. The fourth-order valence-corrected chi connectivity index (χ4v) is 3.01. The molecule has 0 aliphatic heterocycles. The SMILES string of the molecule is CCCC(C#N)=C(Cl)P(=O)(OCC)OCC. The van der Waals surface area contributed by atoms with Crippen LogP contribution in [0.4, 0.5) is 0 Å². The molecule has 0 rings (SSSR count). The Morgan fingerprint density at radius 3 is 2.12 bits per heavy atom. The van der Waals surface area contributed by atoms with Gasteiger partial charge in [0.05, 0.1) is 24.9 Å². The van der Waals surface area contributed by atoms with Crippen LogP contribution >= 0.6 is 19.2 Å². The predicted octanol–water partition coefficient (Wildman–Crippen LogP) is 4.03. The molecule has 16 heavy (non-hydrogen) atoms. The van der Waals surface area contributed by atoms with Crippen LogP contribution in [-0.4, -0.2) is 13.2 Å². The van der Waals surface area contributed by atoms with E-state index in [2.05, 4.69) is 0 Å². The van der Waals surface area contributed by atoms with Gasteiger partial charge in [-0.15, -0.1) is 0 Å². The normalized spacial score (nSPS) is 13.2. The molecule has 0 saturated carbocycles. The maximum absolute atomic E-state index is 12.2. The van der Waals surface area contributed by atoms with Crippen LogP contribution in [0, 0.1) is 11.3 Å². The van der Waals surface area contributed by atoms with Gasteiger partial charge in [0.2, 0.25) is 0 Å². The molecule has 0 aliphatic rings. The van der Waals surface area contributed by atoms with Gasteiger partial charge in [-0.25, -0.2) is 0 Å². The molecule has 0 radical (unpaired) electrons. The fourth-order valence-electron chi connectivity index (χ4n) is 1.11. The molecule has 0 fully saturated rings. The van der Waals surface area contributed by atoms with Gasteiger partial charge in [0.1, 0.15) is 4.77 Å². The Hall–Kier alpha value is -0.330.